The number of ether oxygens (including phenoxy) is 1. The number of nitrogens with zero attached hydrogens (tertiary/aromatic N) is 3. The standard InChI is InChI=1S/C13H15N3O4.C2H2O4/c1-2-18-11(17)8-16-6-9(7-16)13-14-12(15-20-13)10-4-3-5-19-10;3-1(4)2(5)6/h3-5,9H,2,6-8H2,1H3;(H,3,4)(H,5,6). The highest BCUT2D eigenvalue weighted by atomic mass is 16.5. The predicted molar refractivity (Wildman–Crippen MR) is 83.1 cm³/mol. The second kappa shape index (κ2) is 8.76. The minimum absolute atomic E-state index is 0.167. The molecule has 0 radical (unpaired) electrons. The number of carbonyl (C=O) groups excluding carboxylic acids is 1. The maximum Gasteiger partial charge on any atom is 0.414 e. The molecule has 11 nitrogen and oxygen atoms in total. The van der Waals surface area contributed by atoms with Gasteiger partial charge in [-0.05, 0) is 19.1 Å². The molecular formula is C15H17N3O8. The van der Waals surface area contributed by atoms with Gasteiger partial charge in [0.05, 0.1) is 25.3 Å². The summed E-state index contributed by atoms with van der Waals surface area (Å²) < 4.78 is 15.3. The lowest BCUT2D eigenvalue weighted by atomic mass is 10.0. The third-order valence-corrected chi connectivity index (χ3v) is 3.33. The van der Waals surface area contributed by atoms with Crippen molar-refractivity contribution in [3.63, 3.8) is 0 Å². The number of carboxylic acids is 2. The summed E-state index contributed by atoms with van der Waals surface area (Å²) in [5, 5.41) is 18.7. The number of aliphatic carboxylic acids is 2. The smallest absolute Gasteiger partial charge is 0.414 e. The Balaban J connectivity index is 0.000000352. The highest BCUT2D eigenvalue weighted by molar-refractivity contribution is 6.27. The average Bonchev–Trinajstić information content (AvgIpc) is 3.22. The van der Waals surface area contributed by atoms with Crippen molar-refractivity contribution in [2.75, 3.05) is 26.2 Å². The number of carbonyl (C=O) groups is 3. The van der Waals surface area contributed by atoms with E-state index in [4.69, 9.17) is 33.5 Å². The number of likely N-dealkylation sites (tertiary alicyclic amines) is 1. The Morgan fingerprint density at radius 2 is 2.00 bits per heavy atom. The first-order chi connectivity index (χ1) is 12.4. The van der Waals surface area contributed by atoms with Gasteiger partial charge in [-0.3, -0.25) is 9.69 Å². The molecule has 1 fully saturated rings. The van der Waals surface area contributed by atoms with Crippen LogP contribution >= 0.6 is 0 Å². The van der Waals surface area contributed by atoms with Crippen LogP contribution in [0.1, 0.15) is 18.7 Å². The van der Waals surface area contributed by atoms with E-state index in [-0.39, 0.29) is 11.9 Å². The topological polar surface area (TPSA) is 156 Å². The summed E-state index contributed by atoms with van der Waals surface area (Å²) in [4.78, 5) is 35.8. The van der Waals surface area contributed by atoms with Gasteiger partial charge in [0.1, 0.15) is 0 Å². The van der Waals surface area contributed by atoms with Crippen LogP contribution in [0.5, 0.6) is 0 Å². The fourth-order valence-electron chi connectivity index (χ4n) is 2.15. The lowest BCUT2D eigenvalue weighted by Crippen LogP contribution is -2.47. The molecule has 0 aliphatic carbocycles. The molecule has 11 heteroatoms. The second-order valence-electron chi connectivity index (χ2n) is 5.24. The minimum Gasteiger partial charge on any atom is -0.473 e. The molecule has 0 aromatic carbocycles. The van der Waals surface area contributed by atoms with Crippen LogP contribution in [0.15, 0.2) is 27.3 Å². The Labute approximate surface area is 147 Å². The summed E-state index contributed by atoms with van der Waals surface area (Å²) in [6.45, 7) is 3.96. The highest BCUT2D eigenvalue weighted by Crippen LogP contribution is 2.27. The van der Waals surface area contributed by atoms with Gasteiger partial charge >= 0.3 is 17.9 Å². The van der Waals surface area contributed by atoms with Crippen molar-refractivity contribution in [3.05, 3.63) is 24.3 Å². The maximum absolute atomic E-state index is 11.3. The van der Waals surface area contributed by atoms with Crippen molar-refractivity contribution >= 4 is 17.9 Å². The summed E-state index contributed by atoms with van der Waals surface area (Å²) in [5.41, 5.74) is 0. The molecule has 0 amide bonds. The Bertz CT molecular complexity index is 737. The molecule has 1 aliphatic heterocycles. The monoisotopic (exact) mass is 367 g/mol. The summed E-state index contributed by atoms with van der Waals surface area (Å²) in [5.74, 6) is -2.06. The zero-order valence-electron chi connectivity index (χ0n) is 13.8. The van der Waals surface area contributed by atoms with Crippen LogP contribution in [0.4, 0.5) is 0 Å². The van der Waals surface area contributed by atoms with Crippen LogP contribution in [0.3, 0.4) is 0 Å². The fourth-order valence-corrected chi connectivity index (χ4v) is 2.15. The van der Waals surface area contributed by atoms with Crippen LogP contribution in [0, 0.1) is 0 Å². The van der Waals surface area contributed by atoms with E-state index in [9.17, 15) is 4.79 Å². The number of aromatic nitrogens is 2. The van der Waals surface area contributed by atoms with Crippen molar-refractivity contribution in [3.8, 4) is 11.6 Å². The summed E-state index contributed by atoms with van der Waals surface area (Å²) in [6, 6.07) is 3.55. The molecule has 0 saturated carbocycles. The SMILES string of the molecule is CCOC(=O)CN1CC(c2nc(-c3ccco3)no2)C1.O=C(O)C(=O)O. The van der Waals surface area contributed by atoms with Crippen molar-refractivity contribution in [1.82, 2.24) is 15.0 Å². The van der Waals surface area contributed by atoms with Gasteiger partial charge < -0.3 is 23.9 Å². The first-order valence-electron chi connectivity index (χ1n) is 7.62. The number of rotatable bonds is 5. The molecule has 1 saturated heterocycles. The molecule has 0 bridgehead atoms. The number of carboxylic acid groups (broad SMARTS) is 2. The van der Waals surface area contributed by atoms with Gasteiger partial charge in [0, 0.05) is 13.1 Å². The third kappa shape index (κ3) is 5.14. The molecule has 1 aliphatic rings. The Morgan fingerprint density at radius 3 is 2.54 bits per heavy atom. The van der Waals surface area contributed by atoms with Crippen molar-refractivity contribution < 1.29 is 38.3 Å². The van der Waals surface area contributed by atoms with Crippen LogP contribution < -0.4 is 0 Å². The molecule has 2 aromatic heterocycles. The molecule has 26 heavy (non-hydrogen) atoms. The lowest BCUT2D eigenvalue weighted by molar-refractivity contribution is -0.159. The van der Waals surface area contributed by atoms with Gasteiger partial charge in [-0.1, -0.05) is 5.16 Å². The first-order valence-corrected chi connectivity index (χ1v) is 7.62. The summed E-state index contributed by atoms with van der Waals surface area (Å²) >= 11 is 0. The molecular weight excluding hydrogens is 350 g/mol. The van der Waals surface area contributed by atoms with E-state index in [2.05, 4.69) is 10.1 Å². The van der Waals surface area contributed by atoms with Crippen LogP contribution in [-0.4, -0.2) is 69.4 Å². The van der Waals surface area contributed by atoms with Crippen LogP contribution in [-0.2, 0) is 19.1 Å². The van der Waals surface area contributed by atoms with E-state index in [0.29, 0.717) is 30.6 Å². The van der Waals surface area contributed by atoms with Gasteiger partial charge in [0.2, 0.25) is 11.7 Å². The molecule has 0 unspecified atom stereocenters. The zero-order chi connectivity index (χ0) is 19.1. The number of esters is 1. The molecule has 2 N–H and O–H groups in total. The molecule has 140 valence electrons. The fraction of sp³-hybridized carbons (Fsp3) is 0.400. The number of hydrogen-bond acceptors (Lipinski definition) is 9. The molecule has 3 heterocycles. The highest BCUT2D eigenvalue weighted by Gasteiger charge is 2.34. The Morgan fingerprint density at radius 1 is 1.31 bits per heavy atom. The van der Waals surface area contributed by atoms with Gasteiger partial charge in [0.15, 0.2) is 5.76 Å². The second-order valence-corrected chi connectivity index (χ2v) is 5.24. The molecule has 2 aromatic rings. The normalized spacial score (nSPS) is 14.0. The maximum atomic E-state index is 11.3. The Kier molecular flexibility index (Phi) is 6.44. The van der Waals surface area contributed by atoms with E-state index in [1.165, 1.54) is 0 Å². The average molecular weight is 367 g/mol. The van der Waals surface area contributed by atoms with Crippen LogP contribution in [0.2, 0.25) is 0 Å². The predicted octanol–water partition coefficient (Wildman–Crippen LogP) is 0.447. The van der Waals surface area contributed by atoms with Gasteiger partial charge in [-0.25, -0.2) is 9.59 Å². The van der Waals surface area contributed by atoms with Gasteiger partial charge in [0.25, 0.3) is 0 Å². The van der Waals surface area contributed by atoms with E-state index in [1.807, 2.05) is 4.90 Å². The van der Waals surface area contributed by atoms with E-state index in [1.54, 1.807) is 25.3 Å². The largest absolute Gasteiger partial charge is 0.473 e. The van der Waals surface area contributed by atoms with Gasteiger partial charge in [-0.2, -0.15) is 4.98 Å². The van der Waals surface area contributed by atoms with Crippen molar-refractivity contribution in [2.45, 2.75) is 12.8 Å². The Hall–Kier alpha value is -3.21. The van der Waals surface area contributed by atoms with Gasteiger partial charge in [-0.15, -0.1) is 0 Å². The van der Waals surface area contributed by atoms with Crippen molar-refractivity contribution in [2.24, 2.45) is 0 Å². The van der Waals surface area contributed by atoms with E-state index >= 15 is 0 Å². The first kappa shape index (κ1) is 19.1. The van der Waals surface area contributed by atoms with E-state index < -0.39 is 11.9 Å². The zero-order valence-corrected chi connectivity index (χ0v) is 13.8. The summed E-state index contributed by atoms with van der Waals surface area (Å²) in [6.07, 6.45) is 1.57. The van der Waals surface area contributed by atoms with Crippen LogP contribution in [0.25, 0.3) is 11.6 Å². The minimum atomic E-state index is -1.82. The number of furan rings is 1. The number of hydrogen-bond donors (Lipinski definition) is 2. The van der Waals surface area contributed by atoms with Crippen molar-refractivity contribution in [1.29, 1.82) is 0 Å². The lowest BCUT2D eigenvalue weighted by Gasteiger charge is -2.35. The van der Waals surface area contributed by atoms with E-state index in [0.717, 1.165) is 13.1 Å². The third-order valence-electron chi connectivity index (χ3n) is 3.33. The molecule has 0 spiro atoms. The summed E-state index contributed by atoms with van der Waals surface area (Å²) in [7, 11) is 0. The molecule has 3 rings (SSSR count). The molecule has 0 atom stereocenters. The quantitative estimate of drug-likeness (QED) is 0.558.